The summed E-state index contributed by atoms with van der Waals surface area (Å²) in [7, 11) is 0. The highest BCUT2D eigenvalue weighted by Crippen LogP contribution is 2.45. The Morgan fingerprint density at radius 1 is 1.29 bits per heavy atom. The number of hydrogen-bond donors (Lipinski definition) is 0. The first-order valence-corrected chi connectivity index (χ1v) is 6.33. The Balaban J connectivity index is 2.37. The summed E-state index contributed by atoms with van der Waals surface area (Å²) in [6, 6.07) is 2.07. The molecule has 1 aliphatic carbocycles. The van der Waals surface area contributed by atoms with Crippen molar-refractivity contribution in [1.82, 2.24) is 14.8 Å². The van der Waals surface area contributed by atoms with Crippen LogP contribution in [0.25, 0.3) is 5.52 Å². The Morgan fingerprint density at radius 2 is 2.00 bits per heavy atom. The second kappa shape index (κ2) is 3.31. The first-order valence-electron chi connectivity index (χ1n) is 6.33. The fourth-order valence-electron chi connectivity index (χ4n) is 2.53. The lowest BCUT2D eigenvalue weighted by Gasteiger charge is -2.19. The average molecular weight is 229 g/mol. The maximum Gasteiger partial charge on any atom is 0.0942 e. The van der Waals surface area contributed by atoms with E-state index >= 15 is 0 Å². The smallest absolute Gasteiger partial charge is 0.0942 e. The van der Waals surface area contributed by atoms with Gasteiger partial charge in [0.2, 0.25) is 0 Å². The van der Waals surface area contributed by atoms with Gasteiger partial charge in [-0.1, -0.05) is 20.8 Å². The molecule has 0 unspecified atom stereocenters. The van der Waals surface area contributed by atoms with Gasteiger partial charge in [-0.3, -0.25) is 0 Å². The summed E-state index contributed by atoms with van der Waals surface area (Å²) in [5, 5.41) is 9.06. The van der Waals surface area contributed by atoms with Crippen molar-refractivity contribution >= 4 is 5.52 Å². The molecule has 0 N–H and O–H groups in total. The summed E-state index contributed by atoms with van der Waals surface area (Å²) >= 11 is 0. The fraction of sp³-hybridized carbons (Fsp3) is 0.571. The van der Waals surface area contributed by atoms with Crippen LogP contribution in [0, 0.1) is 6.92 Å². The van der Waals surface area contributed by atoms with Crippen molar-refractivity contribution in [2.24, 2.45) is 0 Å². The van der Waals surface area contributed by atoms with Gasteiger partial charge in [0.05, 0.1) is 11.2 Å². The lowest BCUT2D eigenvalue weighted by Crippen LogP contribution is -2.13. The predicted molar refractivity (Wildman–Crippen MR) is 68.4 cm³/mol. The van der Waals surface area contributed by atoms with Gasteiger partial charge in [0, 0.05) is 17.7 Å². The zero-order valence-corrected chi connectivity index (χ0v) is 11.0. The molecule has 3 heteroatoms. The highest BCUT2D eigenvalue weighted by Gasteiger charge is 2.34. The van der Waals surface area contributed by atoms with Crippen molar-refractivity contribution in [2.45, 2.75) is 51.9 Å². The van der Waals surface area contributed by atoms with Gasteiger partial charge in [-0.2, -0.15) is 14.8 Å². The van der Waals surface area contributed by atoms with Crippen LogP contribution in [0.1, 0.15) is 56.4 Å². The Labute approximate surface area is 102 Å². The molecule has 17 heavy (non-hydrogen) atoms. The molecule has 2 heterocycles. The highest BCUT2D eigenvalue weighted by atomic mass is 15.4. The van der Waals surface area contributed by atoms with Crippen LogP contribution in [0.15, 0.2) is 12.3 Å². The summed E-state index contributed by atoms with van der Waals surface area (Å²) in [4.78, 5) is 0. The Hall–Kier alpha value is -1.38. The second-order valence-corrected chi connectivity index (χ2v) is 6.14. The number of fused-ring (bicyclic) bond motifs is 1. The molecule has 0 aromatic carbocycles. The van der Waals surface area contributed by atoms with Crippen LogP contribution in [-0.2, 0) is 5.41 Å². The topological polar surface area (TPSA) is 30.2 Å². The van der Waals surface area contributed by atoms with Crippen LogP contribution in [0.2, 0.25) is 0 Å². The SMILES string of the molecule is Cc1ccnn2nc(C3CC3)c(C(C)(C)C)c12. The molecular weight excluding hydrogens is 210 g/mol. The third kappa shape index (κ3) is 1.65. The van der Waals surface area contributed by atoms with E-state index < -0.39 is 0 Å². The molecule has 90 valence electrons. The molecule has 1 saturated carbocycles. The van der Waals surface area contributed by atoms with Crippen LogP contribution >= 0.6 is 0 Å². The summed E-state index contributed by atoms with van der Waals surface area (Å²) in [5.74, 6) is 0.672. The van der Waals surface area contributed by atoms with Crippen molar-refractivity contribution < 1.29 is 0 Å². The minimum absolute atomic E-state index is 0.132. The fourth-order valence-corrected chi connectivity index (χ4v) is 2.53. The van der Waals surface area contributed by atoms with Crippen molar-refractivity contribution in [3.63, 3.8) is 0 Å². The molecule has 2 aromatic heterocycles. The van der Waals surface area contributed by atoms with E-state index in [2.05, 4.69) is 38.9 Å². The van der Waals surface area contributed by atoms with E-state index in [0.717, 1.165) is 0 Å². The molecule has 3 nitrogen and oxygen atoms in total. The molecule has 2 aromatic rings. The molecular formula is C14H19N3. The average Bonchev–Trinajstić information content (AvgIpc) is 2.97. The zero-order valence-electron chi connectivity index (χ0n) is 11.0. The van der Waals surface area contributed by atoms with Crippen molar-refractivity contribution in [1.29, 1.82) is 0 Å². The number of nitrogens with zero attached hydrogens (tertiary/aromatic N) is 3. The minimum atomic E-state index is 0.132. The normalized spacial score (nSPS) is 16.7. The number of aromatic nitrogens is 3. The maximum atomic E-state index is 4.71. The lowest BCUT2D eigenvalue weighted by molar-refractivity contribution is 0.587. The molecule has 3 rings (SSSR count). The van der Waals surface area contributed by atoms with Gasteiger partial charge < -0.3 is 0 Å². The Morgan fingerprint density at radius 3 is 2.59 bits per heavy atom. The maximum absolute atomic E-state index is 4.71. The van der Waals surface area contributed by atoms with Crippen LogP contribution in [-0.4, -0.2) is 14.8 Å². The third-order valence-corrected chi connectivity index (χ3v) is 3.48. The van der Waals surface area contributed by atoms with E-state index in [1.807, 2.05) is 10.8 Å². The molecule has 0 amide bonds. The van der Waals surface area contributed by atoms with Gasteiger partial charge in [-0.05, 0) is 36.8 Å². The van der Waals surface area contributed by atoms with Gasteiger partial charge >= 0.3 is 0 Å². The van der Waals surface area contributed by atoms with Crippen LogP contribution in [0.4, 0.5) is 0 Å². The third-order valence-electron chi connectivity index (χ3n) is 3.48. The van der Waals surface area contributed by atoms with Gasteiger partial charge in [-0.15, -0.1) is 0 Å². The molecule has 0 atom stereocenters. The Kier molecular flexibility index (Phi) is 2.09. The van der Waals surface area contributed by atoms with E-state index in [9.17, 15) is 0 Å². The molecule has 0 bridgehead atoms. The monoisotopic (exact) mass is 229 g/mol. The summed E-state index contributed by atoms with van der Waals surface area (Å²) in [6.45, 7) is 8.94. The molecule has 0 spiro atoms. The molecule has 0 radical (unpaired) electrons. The number of hydrogen-bond acceptors (Lipinski definition) is 2. The second-order valence-electron chi connectivity index (χ2n) is 6.14. The van der Waals surface area contributed by atoms with E-state index in [0.29, 0.717) is 5.92 Å². The zero-order chi connectivity index (χ0) is 12.2. The van der Waals surface area contributed by atoms with Crippen LogP contribution in [0.3, 0.4) is 0 Å². The van der Waals surface area contributed by atoms with Gasteiger partial charge in [0.25, 0.3) is 0 Å². The highest BCUT2D eigenvalue weighted by molar-refractivity contribution is 5.64. The minimum Gasteiger partial charge on any atom is -0.159 e. The molecule has 1 fully saturated rings. The van der Waals surface area contributed by atoms with E-state index in [4.69, 9.17) is 5.10 Å². The summed E-state index contributed by atoms with van der Waals surface area (Å²) in [5.41, 5.74) is 5.28. The van der Waals surface area contributed by atoms with Gasteiger partial charge in [-0.25, -0.2) is 0 Å². The van der Waals surface area contributed by atoms with Crippen molar-refractivity contribution in [3.8, 4) is 0 Å². The quantitative estimate of drug-likeness (QED) is 0.751. The van der Waals surface area contributed by atoms with E-state index in [-0.39, 0.29) is 5.41 Å². The lowest BCUT2D eigenvalue weighted by atomic mass is 9.84. The van der Waals surface area contributed by atoms with Crippen molar-refractivity contribution in [2.75, 3.05) is 0 Å². The van der Waals surface area contributed by atoms with Crippen molar-refractivity contribution in [3.05, 3.63) is 29.1 Å². The predicted octanol–water partition coefficient (Wildman–Crippen LogP) is 3.21. The number of aryl methyl sites for hydroxylation is 1. The number of rotatable bonds is 1. The molecule has 1 aliphatic rings. The first-order chi connectivity index (χ1) is 7.98. The Bertz CT molecular complexity index is 571. The molecule has 0 aliphatic heterocycles. The largest absolute Gasteiger partial charge is 0.159 e. The molecule has 0 saturated heterocycles. The van der Waals surface area contributed by atoms with Crippen LogP contribution < -0.4 is 0 Å². The van der Waals surface area contributed by atoms with Gasteiger partial charge in [0.15, 0.2) is 0 Å². The van der Waals surface area contributed by atoms with E-state index in [1.54, 1.807) is 0 Å². The van der Waals surface area contributed by atoms with Crippen LogP contribution in [0.5, 0.6) is 0 Å². The first kappa shape index (κ1) is 10.8. The van der Waals surface area contributed by atoms with E-state index in [1.165, 1.54) is 35.2 Å². The summed E-state index contributed by atoms with van der Waals surface area (Å²) in [6.07, 6.45) is 4.40. The summed E-state index contributed by atoms with van der Waals surface area (Å²) < 4.78 is 1.82. The standard InChI is InChI=1S/C14H19N3/c1-9-7-8-15-17-13(9)11(14(2,3)4)12(16-17)10-5-6-10/h7-8,10H,5-6H2,1-4H3. The van der Waals surface area contributed by atoms with Gasteiger partial charge in [0.1, 0.15) is 0 Å².